The summed E-state index contributed by atoms with van der Waals surface area (Å²) in [5, 5.41) is 20.4. The Morgan fingerprint density at radius 1 is 0.565 bits per heavy atom. The van der Waals surface area contributed by atoms with Gasteiger partial charge in [0, 0.05) is 22.3 Å². The fraction of sp³-hybridized carbons (Fsp3) is 0.0556. The van der Waals surface area contributed by atoms with Gasteiger partial charge < -0.3 is 19.7 Å². The zero-order valence-electron chi connectivity index (χ0n) is 24.6. The van der Waals surface area contributed by atoms with Crippen molar-refractivity contribution < 1.29 is 29.3 Å². The van der Waals surface area contributed by atoms with Crippen LogP contribution in [0.5, 0.6) is 11.5 Å². The van der Waals surface area contributed by atoms with Crippen molar-refractivity contribution in [1.29, 1.82) is 0 Å². The Morgan fingerprint density at radius 3 is 1.65 bits per heavy atom. The lowest BCUT2D eigenvalue weighted by atomic mass is 9.94. The molecule has 224 valence electrons. The molecule has 0 amide bonds. The number of nitrogens with zero attached hydrogens (tertiary/aromatic N) is 4. The van der Waals surface area contributed by atoms with Gasteiger partial charge in [0.1, 0.15) is 11.5 Å². The van der Waals surface area contributed by atoms with E-state index in [1.165, 1.54) is 26.4 Å². The van der Waals surface area contributed by atoms with Gasteiger partial charge in [0.05, 0.1) is 71.0 Å². The highest BCUT2D eigenvalue weighted by Crippen LogP contribution is 2.37. The number of allylic oxidation sites excluding steroid dienone is 12. The Labute approximate surface area is 262 Å². The smallest absolute Gasteiger partial charge is 0.336 e. The number of aromatic carboxylic acids is 2. The molecule has 0 saturated carbocycles. The summed E-state index contributed by atoms with van der Waals surface area (Å²) in [6, 6.07) is 9.62. The highest BCUT2D eigenvalue weighted by Gasteiger charge is 2.28. The first-order valence-electron chi connectivity index (χ1n) is 14.1. The Morgan fingerprint density at radius 2 is 1.04 bits per heavy atom. The highest BCUT2D eigenvalue weighted by atomic mass is 16.5. The lowest BCUT2D eigenvalue weighted by molar-refractivity contribution is 0.0685. The summed E-state index contributed by atoms with van der Waals surface area (Å²) in [5.41, 5.74) is 6.27. The van der Waals surface area contributed by atoms with Gasteiger partial charge in [-0.15, -0.1) is 0 Å². The van der Waals surface area contributed by atoms with Gasteiger partial charge in [0.2, 0.25) is 0 Å². The first-order valence-corrected chi connectivity index (χ1v) is 14.1. The average molecular weight is 609 g/mol. The molecule has 0 radical (unpaired) electrons. The molecule has 5 aliphatic heterocycles. The Bertz CT molecular complexity index is 2100. The third kappa shape index (κ3) is 5.07. The molecule has 2 N–H and O–H groups in total. The zero-order valence-corrected chi connectivity index (χ0v) is 24.6. The summed E-state index contributed by atoms with van der Waals surface area (Å²) >= 11 is 0. The van der Waals surface area contributed by atoms with Crippen molar-refractivity contribution in [3.8, 4) is 11.5 Å². The number of rotatable bonds is 6. The zero-order chi connectivity index (χ0) is 31.9. The number of carboxylic acid groups (broad SMARTS) is 2. The van der Waals surface area contributed by atoms with Crippen LogP contribution in [-0.2, 0) is 0 Å². The molecule has 46 heavy (non-hydrogen) atoms. The van der Waals surface area contributed by atoms with Crippen LogP contribution < -0.4 is 9.47 Å². The SMILES string of the molecule is COc1ccc(C2=C3C=CC(=N3)C=C3C=CC(=N3)C=C3C=CC(=N3)C(c3ccc(OC)cc3C(=O)O)=C3C=CC2=N3)c(C(=O)O)c1. The summed E-state index contributed by atoms with van der Waals surface area (Å²) in [7, 11) is 2.94. The van der Waals surface area contributed by atoms with E-state index in [-0.39, 0.29) is 11.1 Å². The molecular formula is C36H24N4O6. The largest absolute Gasteiger partial charge is 0.497 e. The number of ether oxygens (including phenoxy) is 2. The van der Waals surface area contributed by atoms with Gasteiger partial charge >= 0.3 is 11.9 Å². The lowest BCUT2D eigenvalue weighted by Crippen LogP contribution is -2.09. The molecule has 0 spiro atoms. The van der Waals surface area contributed by atoms with E-state index < -0.39 is 11.9 Å². The minimum atomic E-state index is -1.14. The van der Waals surface area contributed by atoms with Crippen LogP contribution in [-0.4, -0.2) is 59.2 Å². The molecule has 5 heterocycles. The molecule has 2 aromatic rings. The quantitative estimate of drug-likeness (QED) is 0.409. The second-order valence-electron chi connectivity index (χ2n) is 10.5. The molecule has 7 rings (SSSR count). The number of hydrogen-bond acceptors (Lipinski definition) is 8. The first-order chi connectivity index (χ1) is 22.3. The maximum atomic E-state index is 12.5. The molecule has 0 unspecified atom stereocenters. The molecule has 5 aliphatic rings. The molecule has 10 heteroatoms. The predicted octanol–water partition coefficient (Wildman–Crippen LogP) is 6.05. The first kappa shape index (κ1) is 28.4. The number of carboxylic acids is 2. The third-order valence-electron chi connectivity index (χ3n) is 7.72. The normalized spacial score (nSPS) is 17.5. The Kier molecular flexibility index (Phi) is 6.94. The van der Waals surface area contributed by atoms with E-state index in [1.807, 2.05) is 36.5 Å². The van der Waals surface area contributed by atoms with Gasteiger partial charge in [-0.05, 0) is 97.2 Å². The fourth-order valence-electron chi connectivity index (χ4n) is 5.60. The standard InChI is InChI=1S/C36H24N4O6/c1-45-23-7-9-25(27(17-23)35(41)42)33-29-11-5-21(38-29)15-19-3-4-20(37-19)16-22-6-12-30(39-22)34(32-14-13-31(33)40-32)26-10-8-24(46-2)18-28(26)36(43)44/h3-18H,1-2H3,(H,41,42)(H,43,44). The van der Waals surface area contributed by atoms with Crippen LogP contribution in [0.4, 0.5) is 0 Å². The van der Waals surface area contributed by atoms with Crippen molar-refractivity contribution in [2.45, 2.75) is 0 Å². The van der Waals surface area contributed by atoms with E-state index in [0.717, 1.165) is 0 Å². The van der Waals surface area contributed by atoms with E-state index >= 15 is 0 Å². The number of carbonyl (C=O) groups is 2. The van der Waals surface area contributed by atoms with Crippen molar-refractivity contribution in [3.05, 3.63) is 142 Å². The molecule has 2 aromatic carbocycles. The van der Waals surface area contributed by atoms with Crippen LogP contribution in [0.2, 0.25) is 0 Å². The summed E-state index contributed by atoms with van der Waals surface area (Å²) < 4.78 is 10.6. The van der Waals surface area contributed by atoms with E-state index in [1.54, 1.807) is 48.6 Å². The molecule has 0 aliphatic carbocycles. The number of benzene rings is 2. The molecule has 0 atom stereocenters. The van der Waals surface area contributed by atoms with Crippen molar-refractivity contribution in [1.82, 2.24) is 0 Å². The maximum absolute atomic E-state index is 12.5. The van der Waals surface area contributed by atoms with Crippen molar-refractivity contribution in [3.63, 3.8) is 0 Å². The number of aliphatic imine (C=N–C) groups is 4. The Balaban J connectivity index is 1.54. The van der Waals surface area contributed by atoms with Gasteiger partial charge in [-0.3, -0.25) is 0 Å². The van der Waals surface area contributed by atoms with Crippen LogP contribution in [0.25, 0.3) is 11.1 Å². The predicted molar refractivity (Wildman–Crippen MR) is 176 cm³/mol. The van der Waals surface area contributed by atoms with Gasteiger partial charge in [0.25, 0.3) is 0 Å². The third-order valence-corrected chi connectivity index (χ3v) is 7.72. The molecule has 10 nitrogen and oxygen atoms in total. The van der Waals surface area contributed by atoms with E-state index in [2.05, 4.69) is 4.99 Å². The number of methoxy groups -OCH3 is 2. The minimum Gasteiger partial charge on any atom is -0.497 e. The minimum absolute atomic E-state index is 0.00887. The van der Waals surface area contributed by atoms with Gasteiger partial charge in [0.15, 0.2) is 0 Å². The maximum Gasteiger partial charge on any atom is 0.336 e. The topological polar surface area (TPSA) is 142 Å². The molecular weight excluding hydrogens is 584 g/mol. The molecule has 8 bridgehead atoms. The van der Waals surface area contributed by atoms with Crippen LogP contribution >= 0.6 is 0 Å². The van der Waals surface area contributed by atoms with Crippen LogP contribution in [0, 0.1) is 0 Å². The average Bonchev–Trinajstić information content (AvgIpc) is 3.88. The van der Waals surface area contributed by atoms with Crippen LogP contribution in [0.15, 0.2) is 140 Å². The van der Waals surface area contributed by atoms with Gasteiger partial charge in [-0.2, -0.15) is 0 Å². The summed E-state index contributed by atoms with van der Waals surface area (Å²) in [6.07, 6.45) is 18.2. The van der Waals surface area contributed by atoms with E-state index in [9.17, 15) is 19.8 Å². The van der Waals surface area contributed by atoms with Gasteiger partial charge in [-0.1, -0.05) is 0 Å². The van der Waals surface area contributed by atoms with Crippen molar-refractivity contribution >= 4 is 45.9 Å². The lowest BCUT2D eigenvalue weighted by Gasteiger charge is -2.14. The van der Waals surface area contributed by atoms with Crippen LogP contribution in [0.1, 0.15) is 31.8 Å². The molecule has 0 saturated heterocycles. The van der Waals surface area contributed by atoms with Gasteiger partial charge in [-0.25, -0.2) is 29.6 Å². The highest BCUT2D eigenvalue weighted by molar-refractivity contribution is 6.37. The number of fused-ring (bicyclic) bond motifs is 4. The second-order valence-corrected chi connectivity index (χ2v) is 10.5. The fourth-order valence-corrected chi connectivity index (χ4v) is 5.60. The van der Waals surface area contributed by atoms with E-state index in [4.69, 9.17) is 24.5 Å². The molecule has 0 fully saturated rings. The molecule has 0 aromatic heterocycles. The summed E-state index contributed by atoms with van der Waals surface area (Å²) in [4.78, 5) is 44.4. The summed E-state index contributed by atoms with van der Waals surface area (Å²) in [6.45, 7) is 0. The van der Waals surface area contributed by atoms with Crippen molar-refractivity contribution in [2.24, 2.45) is 20.0 Å². The monoisotopic (exact) mass is 608 g/mol. The second kappa shape index (κ2) is 11.3. The van der Waals surface area contributed by atoms with Crippen molar-refractivity contribution in [2.75, 3.05) is 14.2 Å². The van der Waals surface area contributed by atoms with Crippen LogP contribution in [0.3, 0.4) is 0 Å². The Hall–Kier alpha value is -6.42. The summed E-state index contributed by atoms with van der Waals surface area (Å²) in [5.74, 6) is -1.51. The van der Waals surface area contributed by atoms with E-state index in [0.29, 0.717) is 79.4 Å². The number of hydrogen-bond donors (Lipinski definition) is 2.